The van der Waals surface area contributed by atoms with Gasteiger partial charge in [-0.05, 0) is 43.4 Å². The van der Waals surface area contributed by atoms with Crippen LogP contribution in [0.1, 0.15) is 25.3 Å². The summed E-state index contributed by atoms with van der Waals surface area (Å²) >= 11 is 5.79. The minimum absolute atomic E-state index is 0.177. The normalized spacial score (nSPS) is 25.3. The molecular formula is C14H19ClFNO. The number of nitrogens with zero attached hydrogens (tertiary/aromatic N) is 1. The number of hydrogen-bond acceptors (Lipinski definition) is 2. The summed E-state index contributed by atoms with van der Waals surface area (Å²) in [5, 5.41) is 9.42. The van der Waals surface area contributed by atoms with Crippen molar-refractivity contribution in [3.63, 3.8) is 0 Å². The topological polar surface area (TPSA) is 23.5 Å². The van der Waals surface area contributed by atoms with Crippen LogP contribution in [0.15, 0.2) is 18.2 Å². The first kappa shape index (κ1) is 13.8. The fourth-order valence-corrected chi connectivity index (χ4v) is 2.71. The van der Waals surface area contributed by atoms with Crippen molar-refractivity contribution in [2.75, 3.05) is 13.2 Å². The molecule has 2 atom stereocenters. The Morgan fingerprint density at radius 3 is 2.89 bits per heavy atom. The molecule has 0 saturated carbocycles. The Kier molecular flexibility index (Phi) is 4.60. The number of aliphatic hydroxyl groups is 1. The number of benzene rings is 1. The molecule has 0 amide bonds. The first-order chi connectivity index (χ1) is 8.60. The van der Waals surface area contributed by atoms with E-state index in [0.717, 1.165) is 31.5 Å². The first-order valence-electron chi connectivity index (χ1n) is 6.39. The van der Waals surface area contributed by atoms with E-state index in [2.05, 4.69) is 11.8 Å². The second-order valence-electron chi connectivity index (χ2n) is 5.15. The van der Waals surface area contributed by atoms with Crippen molar-refractivity contribution in [3.8, 4) is 0 Å². The summed E-state index contributed by atoms with van der Waals surface area (Å²) < 4.78 is 13.1. The van der Waals surface area contributed by atoms with E-state index in [1.165, 1.54) is 6.07 Å². The molecule has 100 valence electrons. The number of likely N-dealkylation sites (tertiary alicyclic amines) is 1. The molecule has 1 aromatic carbocycles. The number of hydrogen-bond donors (Lipinski definition) is 1. The van der Waals surface area contributed by atoms with Crippen molar-refractivity contribution in [2.24, 2.45) is 5.92 Å². The first-order valence-corrected chi connectivity index (χ1v) is 6.76. The molecule has 18 heavy (non-hydrogen) atoms. The van der Waals surface area contributed by atoms with Crippen LogP contribution in [0.25, 0.3) is 0 Å². The lowest BCUT2D eigenvalue weighted by atomic mass is 9.93. The van der Waals surface area contributed by atoms with E-state index >= 15 is 0 Å². The summed E-state index contributed by atoms with van der Waals surface area (Å²) in [6.45, 7) is 4.09. The van der Waals surface area contributed by atoms with Gasteiger partial charge in [0.15, 0.2) is 0 Å². The fraction of sp³-hybridized carbons (Fsp3) is 0.571. The lowest BCUT2D eigenvalue weighted by Crippen LogP contribution is -2.42. The Labute approximate surface area is 112 Å². The van der Waals surface area contributed by atoms with Crippen molar-refractivity contribution >= 4 is 11.6 Å². The SMILES string of the molecule is CC1CCC(CO)CN1Cc1ccc(F)c(Cl)c1. The summed E-state index contributed by atoms with van der Waals surface area (Å²) in [7, 11) is 0. The smallest absolute Gasteiger partial charge is 0.141 e. The maximum Gasteiger partial charge on any atom is 0.141 e. The summed E-state index contributed by atoms with van der Waals surface area (Å²) in [6, 6.07) is 5.37. The molecule has 0 aliphatic carbocycles. The minimum atomic E-state index is -0.375. The largest absolute Gasteiger partial charge is 0.396 e. The van der Waals surface area contributed by atoms with E-state index in [4.69, 9.17) is 11.6 Å². The Morgan fingerprint density at radius 2 is 2.22 bits per heavy atom. The number of piperidine rings is 1. The molecule has 4 heteroatoms. The van der Waals surface area contributed by atoms with Crippen LogP contribution < -0.4 is 0 Å². The molecule has 1 saturated heterocycles. The Bertz CT molecular complexity index is 413. The highest BCUT2D eigenvalue weighted by Crippen LogP contribution is 2.24. The minimum Gasteiger partial charge on any atom is -0.396 e. The molecule has 0 spiro atoms. The van der Waals surface area contributed by atoms with Crippen LogP contribution in [0, 0.1) is 11.7 Å². The van der Waals surface area contributed by atoms with Crippen LogP contribution in [0.3, 0.4) is 0 Å². The van der Waals surface area contributed by atoms with Gasteiger partial charge in [0.1, 0.15) is 5.82 Å². The fourth-order valence-electron chi connectivity index (χ4n) is 2.50. The lowest BCUT2D eigenvalue weighted by molar-refractivity contribution is 0.0771. The van der Waals surface area contributed by atoms with Crippen LogP contribution in [0.2, 0.25) is 5.02 Å². The third kappa shape index (κ3) is 3.22. The Hall–Kier alpha value is -0.640. The van der Waals surface area contributed by atoms with Gasteiger partial charge in [-0.3, -0.25) is 4.90 Å². The highest BCUT2D eigenvalue weighted by Gasteiger charge is 2.24. The van der Waals surface area contributed by atoms with Gasteiger partial charge in [-0.1, -0.05) is 17.7 Å². The van der Waals surface area contributed by atoms with E-state index in [9.17, 15) is 9.50 Å². The molecule has 1 N–H and O–H groups in total. The van der Waals surface area contributed by atoms with Crippen molar-refractivity contribution in [1.82, 2.24) is 4.90 Å². The third-order valence-electron chi connectivity index (χ3n) is 3.74. The van der Waals surface area contributed by atoms with Gasteiger partial charge in [0.25, 0.3) is 0 Å². The molecule has 0 bridgehead atoms. The highest BCUT2D eigenvalue weighted by atomic mass is 35.5. The van der Waals surface area contributed by atoms with Crippen LogP contribution in [0.5, 0.6) is 0 Å². The predicted octanol–water partition coefficient (Wildman–Crippen LogP) is 3.07. The van der Waals surface area contributed by atoms with Gasteiger partial charge in [0, 0.05) is 25.7 Å². The molecule has 1 fully saturated rings. The van der Waals surface area contributed by atoms with Gasteiger partial charge in [-0.25, -0.2) is 4.39 Å². The molecule has 1 aliphatic rings. The van der Waals surface area contributed by atoms with Gasteiger partial charge < -0.3 is 5.11 Å². The zero-order valence-electron chi connectivity index (χ0n) is 10.6. The van der Waals surface area contributed by atoms with Crippen molar-refractivity contribution in [3.05, 3.63) is 34.6 Å². The summed E-state index contributed by atoms with van der Waals surface area (Å²) in [5.74, 6) is -0.0162. The average Bonchev–Trinajstić information content (AvgIpc) is 2.36. The van der Waals surface area contributed by atoms with Crippen molar-refractivity contribution < 1.29 is 9.50 Å². The molecule has 2 rings (SSSR count). The standard InChI is InChI=1S/C14H19ClFNO/c1-10-2-3-12(9-18)8-17(10)7-11-4-5-14(16)13(15)6-11/h4-6,10,12,18H,2-3,7-9H2,1H3. The summed E-state index contributed by atoms with van der Waals surface area (Å²) in [4.78, 5) is 2.33. The van der Waals surface area contributed by atoms with Crippen LogP contribution in [0.4, 0.5) is 4.39 Å². The van der Waals surface area contributed by atoms with Crippen molar-refractivity contribution in [2.45, 2.75) is 32.4 Å². The van der Waals surface area contributed by atoms with Crippen molar-refractivity contribution in [1.29, 1.82) is 0 Å². The molecule has 0 radical (unpaired) electrons. The summed E-state index contributed by atoms with van der Waals surface area (Å²) in [6.07, 6.45) is 2.18. The highest BCUT2D eigenvalue weighted by molar-refractivity contribution is 6.30. The van der Waals surface area contributed by atoms with Gasteiger partial charge in [0.05, 0.1) is 5.02 Å². The zero-order chi connectivity index (χ0) is 13.1. The molecule has 0 aromatic heterocycles. The average molecular weight is 272 g/mol. The molecule has 1 aromatic rings. The van der Waals surface area contributed by atoms with Gasteiger partial charge in [-0.15, -0.1) is 0 Å². The number of rotatable bonds is 3. The number of halogens is 2. The van der Waals surface area contributed by atoms with E-state index in [1.54, 1.807) is 12.1 Å². The molecule has 2 unspecified atom stereocenters. The maximum absolute atomic E-state index is 13.1. The quantitative estimate of drug-likeness (QED) is 0.913. The predicted molar refractivity (Wildman–Crippen MR) is 71.1 cm³/mol. The van der Waals surface area contributed by atoms with E-state index < -0.39 is 0 Å². The third-order valence-corrected chi connectivity index (χ3v) is 4.03. The summed E-state index contributed by atoms with van der Waals surface area (Å²) in [5.41, 5.74) is 1.02. The molecule has 1 heterocycles. The van der Waals surface area contributed by atoms with Gasteiger partial charge in [-0.2, -0.15) is 0 Å². The monoisotopic (exact) mass is 271 g/mol. The maximum atomic E-state index is 13.1. The van der Waals surface area contributed by atoms with Crippen LogP contribution in [-0.2, 0) is 6.54 Å². The van der Waals surface area contributed by atoms with Gasteiger partial charge >= 0.3 is 0 Å². The van der Waals surface area contributed by atoms with E-state index in [0.29, 0.717) is 12.0 Å². The molecular weight excluding hydrogens is 253 g/mol. The second-order valence-corrected chi connectivity index (χ2v) is 5.56. The van der Waals surface area contributed by atoms with Crippen LogP contribution >= 0.6 is 11.6 Å². The Morgan fingerprint density at radius 1 is 1.44 bits per heavy atom. The molecule has 2 nitrogen and oxygen atoms in total. The zero-order valence-corrected chi connectivity index (χ0v) is 11.3. The lowest BCUT2D eigenvalue weighted by Gasteiger charge is -2.37. The Balaban J connectivity index is 2.04. The van der Waals surface area contributed by atoms with E-state index in [1.807, 2.05) is 0 Å². The van der Waals surface area contributed by atoms with Gasteiger partial charge in [0.2, 0.25) is 0 Å². The van der Waals surface area contributed by atoms with Crippen LogP contribution in [-0.4, -0.2) is 29.2 Å². The second kappa shape index (κ2) is 6.00. The number of aliphatic hydroxyl groups excluding tert-OH is 1. The van der Waals surface area contributed by atoms with E-state index in [-0.39, 0.29) is 17.4 Å². The molecule has 1 aliphatic heterocycles.